The van der Waals surface area contributed by atoms with Crippen molar-refractivity contribution in [3.8, 4) is 0 Å². The van der Waals surface area contributed by atoms with Crippen LogP contribution in [0.3, 0.4) is 0 Å². The van der Waals surface area contributed by atoms with Gasteiger partial charge in [-0.3, -0.25) is 0 Å². The fourth-order valence-corrected chi connectivity index (χ4v) is 3.79. The summed E-state index contributed by atoms with van der Waals surface area (Å²) in [6, 6.07) is 18.0. The molecule has 2 N–H and O–H groups in total. The van der Waals surface area contributed by atoms with Gasteiger partial charge in [-0.05, 0) is 55.8 Å². The summed E-state index contributed by atoms with van der Waals surface area (Å²) in [4.78, 5) is 21.8. The Bertz CT molecular complexity index is 1010. The highest BCUT2D eigenvalue weighted by atomic mass is 16.2. The molecular formula is C24H29N5O. The SMILES string of the molecule is Cc1cc(N2CCN(C)CC2)nc2ccc(NC(=O)NCCc3ccccc3)cc12. The van der Waals surface area contributed by atoms with E-state index in [0.29, 0.717) is 6.54 Å². The minimum Gasteiger partial charge on any atom is -0.354 e. The van der Waals surface area contributed by atoms with Crippen LogP contribution in [0.1, 0.15) is 11.1 Å². The second-order valence-corrected chi connectivity index (χ2v) is 7.94. The largest absolute Gasteiger partial charge is 0.354 e. The predicted octanol–water partition coefficient (Wildman–Crippen LogP) is 3.66. The number of piperazine rings is 1. The third-order valence-electron chi connectivity index (χ3n) is 5.63. The van der Waals surface area contributed by atoms with Gasteiger partial charge in [0.2, 0.25) is 0 Å². The third-order valence-corrected chi connectivity index (χ3v) is 5.63. The van der Waals surface area contributed by atoms with E-state index in [0.717, 1.165) is 55.0 Å². The topological polar surface area (TPSA) is 60.5 Å². The van der Waals surface area contributed by atoms with Gasteiger partial charge in [-0.15, -0.1) is 0 Å². The molecule has 0 unspecified atom stereocenters. The van der Waals surface area contributed by atoms with Crippen LogP contribution < -0.4 is 15.5 Å². The van der Waals surface area contributed by atoms with Crippen LogP contribution in [-0.4, -0.2) is 55.7 Å². The van der Waals surface area contributed by atoms with E-state index < -0.39 is 0 Å². The number of aryl methyl sites for hydroxylation is 1. The van der Waals surface area contributed by atoms with Crippen LogP contribution in [0.25, 0.3) is 10.9 Å². The fourth-order valence-electron chi connectivity index (χ4n) is 3.79. The molecule has 0 atom stereocenters. The molecule has 0 saturated carbocycles. The molecule has 1 saturated heterocycles. The van der Waals surface area contributed by atoms with Crippen LogP contribution in [0.5, 0.6) is 0 Å². The average Bonchev–Trinajstić information content (AvgIpc) is 2.75. The lowest BCUT2D eigenvalue weighted by atomic mass is 10.1. The number of aromatic nitrogens is 1. The molecule has 1 fully saturated rings. The molecule has 2 aromatic carbocycles. The van der Waals surface area contributed by atoms with E-state index >= 15 is 0 Å². The van der Waals surface area contributed by atoms with Crippen molar-refractivity contribution in [3.63, 3.8) is 0 Å². The standard InChI is InChI=1S/C24H29N5O/c1-18-16-23(29-14-12-28(2)13-15-29)27-22-9-8-20(17-21(18)22)26-24(30)25-11-10-19-6-4-3-5-7-19/h3-9,16-17H,10-15H2,1-2H3,(H2,25,26,30). The van der Waals surface area contributed by atoms with Crippen molar-refractivity contribution in [2.45, 2.75) is 13.3 Å². The Morgan fingerprint density at radius 2 is 1.80 bits per heavy atom. The molecule has 1 aliphatic heterocycles. The molecule has 0 bridgehead atoms. The Kier molecular flexibility index (Phi) is 6.14. The first-order valence-corrected chi connectivity index (χ1v) is 10.5. The number of carbonyl (C=O) groups excluding carboxylic acids is 1. The zero-order valence-electron chi connectivity index (χ0n) is 17.7. The highest BCUT2D eigenvalue weighted by molar-refractivity contribution is 5.94. The van der Waals surface area contributed by atoms with E-state index in [1.54, 1.807) is 0 Å². The van der Waals surface area contributed by atoms with Gasteiger partial charge in [-0.2, -0.15) is 0 Å². The summed E-state index contributed by atoms with van der Waals surface area (Å²) in [7, 11) is 2.16. The van der Waals surface area contributed by atoms with Gasteiger partial charge in [0.05, 0.1) is 5.52 Å². The van der Waals surface area contributed by atoms with Crippen LogP contribution in [0.2, 0.25) is 0 Å². The highest BCUT2D eigenvalue weighted by Crippen LogP contribution is 2.26. The van der Waals surface area contributed by atoms with Gasteiger partial charge in [-0.1, -0.05) is 30.3 Å². The summed E-state index contributed by atoms with van der Waals surface area (Å²) >= 11 is 0. The first-order valence-electron chi connectivity index (χ1n) is 10.5. The van der Waals surface area contributed by atoms with E-state index in [4.69, 9.17) is 4.98 Å². The van der Waals surface area contributed by atoms with Crippen molar-refractivity contribution in [1.82, 2.24) is 15.2 Å². The van der Waals surface area contributed by atoms with E-state index in [1.165, 1.54) is 11.1 Å². The molecule has 0 aliphatic carbocycles. The maximum absolute atomic E-state index is 12.3. The number of hydrogen-bond donors (Lipinski definition) is 2. The number of benzene rings is 2. The zero-order valence-corrected chi connectivity index (χ0v) is 17.7. The molecule has 0 radical (unpaired) electrons. The van der Waals surface area contributed by atoms with E-state index in [-0.39, 0.29) is 6.03 Å². The van der Waals surface area contributed by atoms with Crippen molar-refractivity contribution in [3.05, 3.63) is 65.7 Å². The summed E-state index contributed by atoms with van der Waals surface area (Å²) in [5, 5.41) is 6.92. The first kappa shape index (κ1) is 20.2. The molecule has 4 rings (SSSR count). The molecule has 156 valence electrons. The Hall–Kier alpha value is -3.12. The molecule has 0 spiro atoms. The number of nitrogens with one attached hydrogen (secondary N) is 2. The summed E-state index contributed by atoms with van der Waals surface area (Å²) in [5.74, 6) is 1.03. The van der Waals surface area contributed by atoms with Crippen molar-refractivity contribution in [2.75, 3.05) is 50.0 Å². The zero-order chi connectivity index (χ0) is 20.9. The fraction of sp³-hybridized carbons (Fsp3) is 0.333. The molecule has 30 heavy (non-hydrogen) atoms. The van der Waals surface area contributed by atoms with Gasteiger partial charge >= 0.3 is 6.03 Å². The van der Waals surface area contributed by atoms with E-state index in [9.17, 15) is 4.79 Å². The minimum absolute atomic E-state index is 0.190. The molecule has 2 heterocycles. The van der Waals surface area contributed by atoms with Crippen molar-refractivity contribution < 1.29 is 4.79 Å². The third kappa shape index (κ3) is 4.89. The van der Waals surface area contributed by atoms with Crippen LogP contribution >= 0.6 is 0 Å². The molecular weight excluding hydrogens is 374 g/mol. The predicted molar refractivity (Wildman–Crippen MR) is 123 cm³/mol. The number of anilines is 2. The quantitative estimate of drug-likeness (QED) is 0.683. The van der Waals surface area contributed by atoms with Crippen LogP contribution in [0, 0.1) is 6.92 Å². The number of carbonyl (C=O) groups is 1. The van der Waals surface area contributed by atoms with Gasteiger partial charge < -0.3 is 20.4 Å². The van der Waals surface area contributed by atoms with Gasteiger partial charge in [-0.25, -0.2) is 9.78 Å². The normalized spacial score (nSPS) is 14.7. The number of fused-ring (bicyclic) bond motifs is 1. The Morgan fingerprint density at radius 3 is 2.57 bits per heavy atom. The lowest BCUT2D eigenvalue weighted by molar-refractivity contribution is 0.252. The monoisotopic (exact) mass is 403 g/mol. The Balaban J connectivity index is 1.39. The van der Waals surface area contributed by atoms with Gasteiger partial charge in [0, 0.05) is 43.8 Å². The Labute approximate surface area is 177 Å². The molecule has 3 aromatic rings. The van der Waals surface area contributed by atoms with E-state index in [2.05, 4.69) is 52.6 Å². The van der Waals surface area contributed by atoms with Crippen molar-refractivity contribution in [1.29, 1.82) is 0 Å². The molecule has 2 amide bonds. The number of hydrogen-bond acceptors (Lipinski definition) is 4. The number of amides is 2. The molecule has 1 aliphatic rings. The average molecular weight is 404 g/mol. The number of nitrogens with zero attached hydrogens (tertiary/aromatic N) is 3. The molecule has 1 aromatic heterocycles. The second-order valence-electron chi connectivity index (χ2n) is 7.94. The summed E-state index contributed by atoms with van der Waals surface area (Å²) in [6.07, 6.45) is 0.810. The van der Waals surface area contributed by atoms with Crippen LogP contribution in [0.4, 0.5) is 16.3 Å². The molecule has 6 heteroatoms. The number of rotatable bonds is 5. The lowest BCUT2D eigenvalue weighted by Gasteiger charge is -2.33. The maximum Gasteiger partial charge on any atom is 0.319 e. The minimum atomic E-state index is -0.190. The summed E-state index contributed by atoms with van der Waals surface area (Å²) in [5.41, 5.74) is 4.11. The molecule has 6 nitrogen and oxygen atoms in total. The van der Waals surface area contributed by atoms with Crippen molar-refractivity contribution >= 4 is 28.4 Å². The number of likely N-dealkylation sites (N-methyl/N-ethyl adjacent to an activating group) is 1. The Morgan fingerprint density at radius 1 is 1.03 bits per heavy atom. The summed E-state index contributed by atoms with van der Waals surface area (Å²) < 4.78 is 0. The smallest absolute Gasteiger partial charge is 0.319 e. The first-order chi connectivity index (χ1) is 14.6. The van der Waals surface area contributed by atoms with Crippen molar-refractivity contribution in [2.24, 2.45) is 0 Å². The highest BCUT2D eigenvalue weighted by Gasteiger charge is 2.16. The van der Waals surface area contributed by atoms with Gasteiger partial charge in [0.25, 0.3) is 0 Å². The van der Waals surface area contributed by atoms with Gasteiger partial charge in [0.15, 0.2) is 0 Å². The van der Waals surface area contributed by atoms with E-state index in [1.807, 2.05) is 36.4 Å². The lowest BCUT2D eigenvalue weighted by Crippen LogP contribution is -2.44. The van der Waals surface area contributed by atoms with Crippen LogP contribution in [0.15, 0.2) is 54.6 Å². The van der Waals surface area contributed by atoms with Gasteiger partial charge in [0.1, 0.15) is 5.82 Å². The second kappa shape index (κ2) is 9.13. The summed E-state index contributed by atoms with van der Waals surface area (Å²) in [6.45, 7) is 6.81. The number of pyridine rings is 1. The van der Waals surface area contributed by atoms with Crippen LogP contribution in [-0.2, 0) is 6.42 Å². The maximum atomic E-state index is 12.3. The number of urea groups is 1.